The minimum absolute atomic E-state index is 0.0425. The van der Waals surface area contributed by atoms with Crippen molar-refractivity contribution in [3.05, 3.63) is 42.1 Å². The van der Waals surface area contributed by atoms with Gasteiger partial charge in [0.2, 0.25) is 0 Å². The number of fused-ring (bicyclic) bond motifs is 1. The summed E-state index contributed by atoms with van der Waals surface area (Å²) in [4.78, 5) is 19.0. The molecule has 1 amide bonds. The van der Waals surface area contributed by atoms with Crippen LogP contribution in [-0.2, 0) is 4.74 Å². The van der Waals surface area contributed by atoms with Gasteiger partial charge in [0.1, 0.15) is 0 Å². The van der Waals surface area contributed by atoms with Crippen molar-refractivity contribution in [2.75, 3.05) is 19.7 Å². The lowest BCUT2D eigenvalue weighted by atomic mass is 9.82. The molecule has 1 aromatic carbocycles. The Morgan fingerprint density at radius 1 is 1.29 bits per heavy atom. The van der Waals surface area contributed by atoms with Gasteiger partial charge in [0.15, 0.2) is 0 Å². The molecule has 0 bridgehead atoms. The minimum Gasteiger partial charge on any atom is -0.390 e. The van der Waals surface area contributed by atoms with E-state index >= 15 is 0 Å². The number of aliphatic hydroxyl groups is 1. The van der Waals surface area contributed by atoms with Crippen LogP contribution in [0.25, 0.3) is 10.9 Å². The fourth-order valence-electron chi connectivity index (χ4n) is 3.87. The summed E-state index contributed by atoms with van der Waals surface area (Å²) in [7, 11) is 0. The van der Waals surface area contributed by atoms with Crippen LogP contribution in [0.5, 0.6) is 0 Å². The van der Waals surface area contributed by atoms with Crippen molar-refractivity contribution in [2.45, 2.75) is 37.4 Å². The van der Waals surface area contributed by atoms with Crippen LogP contribution in [0.4, 0.5) is 0 Å². The predicted molar refractivity (Wildman–Crippen MR) is 90.8 cm³/mol. The highest BCUT2D eigenvalue weighted by Gasteiger charge is 2.44. The maximum Gasteiger partial charge on any atom is 0.253 e. The lowest BCUT2D eigenvalue weighted by molar-refractivity contribution is -0.174. The first-order valence-electron chi connectivity index (χ1n) is 8.64. The van der Waals surface area contributed by atoms with E-state index in [1.807, 2.05) is 35.2 Å². The predicted octanol–water partition coefficient (Wildman–Crippen LogP) is 2.38. The summed E-state index contributed by atoms with van der Waals surface area (Å²) in [6.45, 7) is 1.96. The molecule has 1 unspecified atom stereocenters. The second kappa shape index (κ2) is 6.15. The number of hydrogen-bond donors (Lipinski definition) is 1. The maximum atomic E-state index is 12.8. The molecular formula is C19H22N2O3. The molecule has 1 N–H and O–H groups in total. The molecular weight excluding hydrogens is 304 g/mol. The molecule has 1 aromatic heterocycles. The van der Waals surface area contributed by atoms with Gasteiger partial charge in [0.25, 0.3) is 5.91 Å². The van der Waals surface area contributed by atoms with E-state index in [-0.39, 0.29) is 5.91 Å². The average Bonchev–Trinajstić information content (AvgIpc) is 2.64. The van der Waals surface area contributed by atoms with Gasteiger partial charge < -0.3 is 14.7 Å². The molecule has 4 rings (SSSR count). The van der Waals surface area contributed by atoms with Crippen molar-refractivity contribution in [2.24, 2.45) is 0 Å². The Labute approximate surface area is 141 Å². The third-order valence-electron chi connectivity index (χ3n) is 5.37. The maximum absolute atomic E-state index is 12.8. The van der Waals surface area contributed by atoms with E-state index in [1.54, 1.807) is 6.20 Å². The molecule has 126 valence electrons. The second-order valence-corrected chi connectivity index (χ2v) is 6.77. The molecule has 2 aromatic rings. The van der Waals surface area contributed by atoms with Crippen molar-refractivity contribution in [3.63, 3.8) is 0 Å². The number of nitrogens with zero attached hydrogens (tertiary/aromatic N) is 2. The first-order chi connectivity index (χ1) is 11.7. The topological polar surface area (TPSA) is 62.7 Å². The Hall–Kier alpha value is -1.98. The lowest BCUT2D eigenvalue weighted by Crippen LogP contribution is -2.56. The highest BCUT2D eigenvalue weighted by atomic mass is 16.5. The molecule has 2 aliphatic rings. The highest BCUT2D eigenvalue weighted by Crippen LogP contribution is 2.35. The summed E-state index contributed by atoms with van der Waals surface area (Å²) in [5.41, 5.74) is 1.14. The molecule has 1 atom stereocenters. The zero-order valence-corrected chi connectivity index (χ0v) is 13.6. The summed E-state index contributed by atoms with van der Waals surface area (Å²) in [6.07, 6.45) is 4.46. The van der Waals surface area contributed by atoms with Crippen molar-refractivity contribution >= 4 is 16.8 Å². The zero-order chi connectivity index (χ0) is 16.6. The van der Waals surface area contributed by atoms with E-state index in [0.29, 0.717) is 38.1 Å². The number of pyridine rings is 1. The van der Waals surface area contributed by atoms with E-state index in [2.05, 4.69) is 4.98 Å². The largest absolute Gasteiger partial charge is 0.390 e. The van der Waals surface area contributed by atoms with Gasteiger partial charge in [-0.3, -0.25) is 9.78 Å². The number of ether oxygens (including phenoxy) is 1. The normalized spacial score (nSPS) is 23.5. The van der Waals surface area contributed by atoms with Gasteiger partial charge in [-0.15, -0.1) is 0 Å². The van der Waals surface area contributed by atoms with E-state index < -0.39 is 11.7 Å². The van der Waals surface area contributed by atoms with Crippen LogP contribution in [0.15, 0.2) is 36.5 Å². The van der Waals surface area contributed by atoms with Crippen LogP contribution < -0.4 is 0 Å². The van der Waals surface area contributed by atoms with Crippen LogP contribution in [0.2, 0.25) is 0 Å². The van der Waals surface area contributed by atoms with Crippen molar-refractivity contribution in [1.82, 2.24) is 9.88 Å². The molecule has 1 spiro atoms. The standard InChI is InChI=1S/C19H22N2O3/c22-17-4-2-12-24-19(17)7-10-21(11-8-19)18(23)15-5-6-16-14(13-15)3-1-9-20-16/h1,3,5-6,9,13,17,22H,2,4,7-8,10-12H2. The lowest BCUT2D eigenvalue weighted by Gasteiger charge is -2.46. The Morgan fingerprint density at radius 3 is 2.92 bits per heavy atom. The Kier molecular flexibility index (Phi) is 3.98. The number of carbonyl (C=O) groups excluding carboxylic acids is 1. The average molecular weight is 326 g/mol. The number of benzene rings is 1. The van der Waals surface area contributed by atoms with Crippen molar-refractivity contribution < 1.29 is 14.6 Å². The van der Waals surface area contributed by atoms with Crippen LogP contribution in [0.1, 0.15) is 36.0 Å². The third kappa shape index (κ3) is 2.68. The number of rotatable bonds is 1. The number of piperidine rings is 1. The van der Waals surface area contributed by atoms with Crippen LogP contribution in [0, 0.1) is 0 Å². The van der Waals surface area contributed by atoms with Crippen LogP contribution >= 0.6 is 0 Å². The van der Waals surface area contributed by atoms with Gasteiger partial charge in [0, 0.05) is 36.8 Å². The fraction of sp³-hybridized carbons (Fsp3) is 0.474. The minimum atomic E-state index is -0.442. The number of aliphatic hydroxyl groups excluding tert-OH is 1. The van der Waals surface area contributed by atoms with Gasteiger partial charge in [-0.1, -0.05) is 6.07 Å². The molecule has 5 nitrogen and oxygen atoms in total. The number of hydrogen-bond acceptors (Lipinski definition) is 4. The van der Waals surface area contributed by atoms with Gasteiger partial charge in [-0.05, 0) is 49.9 Å². The molecule has 5 heteroatoms. The first-order valence-corrected chi connectivity index (χ1v) is 8.64. The monoisotopic (exact) mass is 326 g/mol. The van der Waals surface area contributed by atoms with E-state index in [4.69, 9.17) is 4.74 Å². The summed E-state index contributed by atoms with van der Waals surface area (Å²) in [5, 5.41) is 11.3. The molecule has 2 aliphatic heterocycles. The SMILES string of the molecule is O=C(c1ccc2ncccc2c1)N1CCC2(CC1)OCCCC2O. The van der Waals surface area contributed by atoms with Gasteiger partial charge in [-0.25, -0.2) is 0 Å². The first kappa shape index (κ1) is 15.5. The van der Waals surface area contributed by atoms with Crippen molar-refractivity contribution in [1.29, 1.82) is 0 Å². The Balaban J connectivity index is 1.49. The van der Waals surface area contributed by atoms with Gasteiger partial charge in [0.05, 0.1) is 17.2 Å². The number of aromatic nitrogens is 1. The molecule has 0 radical (unpaired) electrons. The Morgan fingerprint density at radius 2 is 2.12 bits per heavy atom. The molecule has 2 fully saturated rings. The van der Waals surface area contributed by atoms with E-state index in [0.717, 1.165) is 23.7 Å². The quantitative estimate of drug-likeness (QED) is 0.874. The van der Waals surface area contributed by atoms with Gasteiger partial charge in [-0.2, -0.15) is 0 Å². The zero-order valence-electron chi connectivity index (χ0n) is 13.6. The third-order valence-corrected chi connectivity index (χ3v) is 5.37. The molecule has 0 aliphatic carbocycles. The van der Waals surface area contributed by atoms with E-state index in [9.17, 15) is 9.90 Å². The summed E-state index contributed by atoms with van der Waals surface area (Å²) < 4.78 is 5.91. The van der Waals surface area contributed by atoms with Gasteiger partial charge >= 0.3 is 0 Å². The van der Waals surface area contributed by atoms with Crippen molar-refractivity contribution in [3.8, 4) is 0 Å². The number of amides is 1. The summed E-state index contributed by atoms with van der Waals surface area (Å²) in [5.74, 6) is 0.0425. The molecule has 2 saturated heterocycles. The number of likely N-dealkylation sites (tertiary alicyclic amines) is 1. The summed E-state index contributed by atoms with van der Waals surface area (Å²) in [6, 6.07) is 9.48. The molecule has 24 heavy (non-hydrogen) atoms. The molecule has 3 heterocycles. The van der Waals surface area contributed by atoms with Crippen LogP contribution in [-0.4, -0.2) is 52.3 Å². The smallest absolute Gasteiger partial charge is 0.253 e. The van der Waals surface area contributed by atoms with Crippen LogP contribution in [0.3, 0.4) is 0 Å². The highest BCUT2D eigenvalue weighted by molar-refractivity contribution is 5.98. The number of carbonyl (C=O) groups is 1. The summed E-state index contributed by atoms with van der Waals surface area (Å²) >= 11 is 0. The second-order valence-electron chi connectivity index (χ2n) is 6.77. The van der Waals surface area contributed by atoms with E-state index in [1.165, 1.54) is 0 Å². The fourth-order valence-corrected chi connectivity index (χ4v) is 3.87. The Bertz CT molecular complexity index is 753. The molecule has 0 saturated carbocycles.